The standard InChI is InChI=1S/C15H34NO.ClH/c1-4-6-8-9-11-13-16(3,14-15-17)12-10-7-5-2;/h17H,4-15H2,1-3H3;1H/q+1;/p-1. The second-order valence-electron chi connectivity index (χ2n) is 5.64. The molecule has 0 radical (unpaired) electrons. The van der Waals surface area contributed by atoms with Gasteiger partial charge in [0.1, 0.15) is 6.54 Å². The maximum absolute atomic E-state index is 9.18. The lowest BCUT2D eigenvalue weighted by Gasteiger charge is -2.34. The molecule has 0 amide bonds. The summed E-state index contributed by atoms with van der Waals surface area (Å²) in [7, 11) is 2.31. The van der Waals surface area contributed by atoms with E-state index in [0.29, 0.717) is 6.61 Å². The number of aliphatic hydroxyl groups is 1. The maximum atomic E-state index is 9.18. The smallest absolute Gasteiger partial charge is 0.102 e. The van der Waals surface area contributed by atoms with E-state index in [-0.39, 0.29) is 12.4 Å². The van der Waals surface area contributed by atoms with E-state index in [1.807, 2.05) is 0 Å². The van der Waals surface area contributed by atoms with Crippen LogP contribution in [-0.2, 0) is 0 Å². The summed E-state index contributed by atoms with van der Waals surface area (Å²) in [6, 6.07) is 0. The first-order valence-corrected chi connectivity index (χ1v) is 7.63. The summed E-state index contributed by atoms with van der Waals surface area (Å²) in [4.78, 5) is 0. The molecule has 0 heterocycles. The van der Waals surface area contributed by atoms with Gasteiger partial charge in [0.25, 0.3) is 0 Å². The molecule has 0 saturated carbocycles. The van der Waals surface area contributed by atoms with Crippen LogP contribution in [0, 0.1) is 0 Å². The number of nitrogens with zero attached hydrogens (tertiary/aromatic N) is 1. The van der Waals surface area contributed by atoms with E-state index in [1.165, 1.54) is 64.5 Å². The van der Waals surface area contributed by atoms with Gasteiger partial charge in [-0.25, -0.2) is 0 Å². The molecule has 0 bridgehead atoms. The SMILES string of the molecule is CCCCCCC[N+](C)(CCO)CCCCC.[Cl-]. The van der Waals surface area contributed by atoms with Crippen LogP contribution in [0.5, 0.6) is 0 Å². The molecule has 0 aliphatic carbocycles. The molecule has 0 aliphatic rings. The molecule has 18 heavy (non-hydrogen) atoms. The summed E-state index contributed by atoms with van der Waals surface area (Å²) < 4.78 is 1.07. The molecule has 0 fully saturated rings. The molecule has 0 saturated heterocycles. The van der Waals surface area contributed by atoms with Crippen LogP contribution in [0.3, 0.4) is 0 Å². The van der Waals surface area contributed by atoms with Crippen LogP contribution in [0.15, 0.2) is 0 Å². The Morgan fingerprint density at radius 3 is 1.67 bits per heavy atom. The third-order valence-electron chi connectivity index (χ3n) is 3.74. The van der Waals surface area contributed by atoms with Crippen LogP contribution in [0.2, 0.25) is 0 Å². The molecule has 0 aromatic carbocycles. The summed E-state index contributed by atoms with van der Waals surface area (Å²) in [6.45, 7) is 8.25. The second-order valence-corrected chi connectivity index (χ2v) is 5.64. The second kappa shape index (κ2) is 13.6. The Morgan fingerprint density at radius 1 is 0.722 bits per heavy atom. The highest BCUT2D eigenvalue weighted by molar-refractivity contribution is 4.46. The number of unbranched alkanes of at least 4 members (excludes halogenated alkanes) is 6. The highest BCUT2D eigenvalue weighted by Gasteiger charge is 2.19. The lowest BCUT2D eigenvalue weighted by Crippen LogP contribution is -3.00. The largest absolute Gasteiger partial charge is 1.00 e. The average molecular weight is 280 g/mol. The minimum atomic E-state index is 0. The van der Waals surface area contributed by atoms with Crippen molar-refractivity contribution >= 4 is 0 Å². The Morgan fingerprint density at radius 2 is 1.17 bits per heavy atom. The molecular weight excluding hydrogens is 246 g/mol. The van der Waals surface area contributed by atoms with Gasteiger partial charge in [-0.15, -0.1) is 0 Å². The molecule has 0 aromatic rings. The van der Waals surface area contributed by atoms with E-state index in [9.17, 15) is 5.11 Å². The van der Waals surface area contributed by atoms with Crippen LogP contribution < -0.4 is 12.4 Å². The number of hydrogen-bond donors (Lipinski definition) is 1. The van der Waals surface area contributed by atoms with Gasteiger partial charge in [0.05, 0.1) is 26.7 Å². The van der Waals surface area contributed by atoms with E-state index in [0.717, 1.165) is 11.0 Å². The predicted octanol–water partition coefficient (Wildman–Crippen LogP) is 0.590. The number of halogens is 1. The van der Waals surface area contributed by atoms with Gasteiger partial charge >= 0.3 is 0 Å². The quantitative estimate of drug-likeness (QED) is 0.410. The lowest BCUT2D eigenvalue weighted by atomic mass is 10.1. The first-order chi connectivity index (χ1) is 8.18. The van der Waals surface area contributed by atoms with Gasteiger partial charge in [-0.1, -0.05) is 39.5 Å². The van der Waals surface area contributed by atoms with E-state index in [2.05, 4.69) is 20.9 Å². The Kier molecular flexibility index (Phi) is 15.6. The van der Waals surface area contributed by atoms with Crippen molar-refractivity contribution in [3.63, 3.8) is 0 Å². The zero-order valence-electron chi connectivity index (χ0n) is 12.8. The van der Waals surface area contributed by atoms with E-state index in [4.69, 9.17) is 0 Å². The zero-order valence-corrected chi connectivity index (χ0v) is 13.5. The highest BCUT2D eigenvalue weighted by Crippen LogP contribution is 2.11. The first-order valence-electron chi connectivity index (χ1n) is 7.63. The summed E-state index contributed by atoms with van der Waals surface area (Å²) in [5.74, 6) is 0. The maximum Gasteiger partial charge on any atom is 0.102 e. The van der Waals surface area contributed by atoms with E-state index >= 15 is 0 Å². The van der Waals surface area contributed by atoms with Crippen LogP contribution in [0.25, 0.3) is 0 Å². The monoisotopic (exact) mass is 279 g/mol. The number of likely N-dealkylation sites (N-methyl/N-ethyl adjacent to an activating group) is 1. The zero-order chi connectivity index (χ0) is 13.0. The topological polar surface area (TPSA) is 20.2 Å². The van der Waals surface area contributed by atoms with Gasteiger partial charge in [-0.3, -0.25) is 0 Å². The van der Waals surface area contributed by atoms with Crippen molar-refractivity contribution in [1.82, 2.24) is 0 Å². The van der Waals surface area contributed by atoms with E-state index < -0.39 is 0 Å². The number of quaternary nitrogens is 1. The minimum Gasteiger partial charge on any atom is -1.00 e. The van der Waals surface area contributed by atoms with E-state index in [1.54, 1.807) is 0 Å². The normalized spacial score (nSPS) is 14.0. The third kappa shape index (κ3) is 11.3. The van der Waals surface area contributed by atoms with Crippen LogP contribution in [0.1, 0.15) is 65.2 Å². The summed E-state index contributed by atoms with van der Waals surface area (Å²) in [6.07, 6.45) is 10.7. The summed E-state index contributed by atoms with van der Waals surface area (Å²) in [5.41, 5.74) is 0. The van der Waals surface area contributed by atoms with Gasteiger partial charge < -0.3 is 22.0 Å². The summed E-state index contributed by atoms with van der Waals surface area (Å²) >= 11 is 0. The molecule has 3 heteroatoms. The number of hydrogen-bond acceptors (Lipinski definition) is 1. The van der Waals surface area contributed by atoms with Crippen LogP contribution in [0.4, 0.5) is 0 Å². The highest BCUT2D eigenvalue weighted by atomic mass is 35.5. The molecule has 1 N–H and O–H groups in total. The predicted molar refractivity (Wildman–Crippen MR) is 76.2 cm³/mol. The van der Waals surface area contributed by atoms with Crippen molar-refractivity contribution < 1.29 is 22.0 Å². The fourth-order valence-corrected chi connectivity index (χ4v) is 2.42. The number of aliphatic hydroxyl groups excluding tert-OH is 1. The van der Waals surface area contributed by atoms with Gasteiger partial charge in [0, 0.05) is 0 Å². The third-order valence-corrected chi connectivity index (χ3v) is 3.74. The molecule has 0 rings (SSSR count). The Balaban J connectivity index is 0. The van der Waals surface area contributed by atoms with Gasteiger partial charge in [-0.2, -0.15) is 0 Å². The average Bonchev–Trinajstić information content (AvgIpc) is 2.29. The van der Waals surface area contributed by atoms with Crippen molar-refractivity contribution in [2.45, 2.75) is 65.2 Å². The van der Waals surface area contributed by atoms with Crippen molar-refractivity contribution in [2.24, 2.45) is 0 Å². The Bertz CT molecular complexity index is 167. The van der Waals surface area contributed by atoms with Crippen LogP contribution in [-0.4, -0.2) is 42.9 Å². The van der Waals surface area contributed by atoms with Gasteiger partial charge in [0.2, 0.25) is 0 Å². The molecule has 2 nitrogen and oxygen atoms in total. The molecular formula is C15H34ClNO. The first kappa shape index (κ1) is 20.5. The van der Waals surface area contributed by atoms with Crippen molar-refractivity contribution in [3.8, 4) is 0 Å². The molecule has 0 aromatic heterocycles. The Hall–Kier alpha value is 0.210. The van der Waals surface area contributed by atoms with Gasteiger partial charge in [0.15, 0.2) is 0 Å². The number of rotatable bonds is 12. The van der Waals surface area contributed by atoms with Crippen molar-refractivity contribution in [1.29, 1.82) is 0 Å². The van der Waals surface area contributed by atoms with Crippen molar-refractivity contribution in [2.75, 3.05) is 33.3 Å². The van der Waals surface area contributed by atoms with Gasteiger partial charge in [-0.05, 0) is 25.7 Å². The Labute approximate surface area is 121 Å². The fraction of sp³-hybridized carbons (Fsp3) is 1.00. The molecule has 0 spiro atoms. The van der Waals surface area contributed by atoms with Crippen molar-refractivity contribution in [3.05, 3.63) is 0 Å². The molecule has 1 atom stereocenters. The molecule has 1 unspecified atom stereocenters. The fourth-order valence-electron chi connectivity index (χ4n) is 2.42. The lowest BCUT2D eigenvalue weighted by molar-refractivity contribution is -0.910. The molecule has 112 valence electrons. The summed E-state index contributed by atoms with van der Waals surface area (Å²) in [5, 5.41) is 9.18. The minimum absolute atomic E-state index is 0. The van der Waals surface area contributed by atoms with Crippen LogP contribution >= 0.6 is 0 Å². The molecule has 0 aliphatic heterocycles.